The van der Waals surface area contributed by atoms with Gasteiger partial charge in [0.05, 0.1) is 6.61 Å². The maximum absolute atomic E-state index is 12.2. The average molecular weight is 527 g/mol. The van der Waals surface area contributed by atoms with Crippen LogP contribution in [-0.2, 0) is 9.53 Å². The number of unbranched alkanes of at least 4 members (excludes halogenated alkanes) is 23. The smallest absolute Gasteiger partial charge is 0.306 e. The van der Waals surface area contributed by atoms with Gasteiger partial charge in [0.1, 0.15) is 12.2 Å². The molecule has 0 rings (SSSR count). The Morgan fingerprint density at radius 1 is 0.541 bits per heavy atom. The number of hydrogen-bond donors (Lipinski definition) is 2. The lowest BCUT2D eigenvalue weighted by Crippen LogP contribution is -2.34. The molecule has 4 nitrogen and oxygen atoms in total. The molecular weight excluding hydrogens is 460 g/mol. The first kappa shape index (κ1) is 36.4. The van der Waals surface area contributed by atoms with Crippen LogP contribution in [0.5, 0.6) is 0 Å². The molecule has 0 amide bonds. The summed E-state index contributed by atoms with van der Waals surface area (Å²) in [6, 6.07) is 0. The van der Waals surface area contributed by atoms with Crippen molar-refractivity contribution in [2.75, 3.05) is 6.61 Å². The van der Waals surface area contributed by atoms with Crippen molar-refractivity contribution in [2.45, 2.75) is 199 Å². The number of ether oxygens (including phenoxy) is 1. The maximum Gasteiger partial charge on any atom is 0.306 e. The number of aliphatic hydroxyl groups excluding tert-OH is 2. The van der Waals surface area contributed by atoms with Crippen LogP contribution >= 0.6 is 0 Å². The Kier molecular flexibility index (Phi) is 29.4. The van der Waals surface area contributed by atoms with E-state index in [9.17, 15) is 15.0 Å². The second-order valence-electron chi connectivity index (χ2n) is 11.4. The summed E-state index contributed by atoms with van der Waals surface area (Å²) in [5, 5.41) is 19.3. The molecule has 2 atom stereocenters. The summed E-state index contributed by atoms with van der Waals surface area (Å²) in [7, 11) is 0. The van der Waals surface area contributed by atoms with E-state index >= 15 is 0 Å². The van der Waals surface area contributed by atoms with Crippen LogP contribution in [0, 0.1) is 0 Å². The zero-order chi connectivity index (χ0) is 27.2. The van der Waals surface area contributed by atoms with Crippen LogP contribution in [0.15, 0.2) is 0 Å². The van der Waals surface area contributed by atoms with Gasteiger partial charge in [-0.15, -0.1) is 0 Å². The van der Waals surface area contributed by atoms with Gasteiger partial charge in [0.25, 0.3) is 0 Å². The minimum Gasteiger partial charge on any atom is -0.460 e. The minimum absolute atomic E-state index is 0.226. The standard InChI is InChI=1S/C33H66O4/c1-3-5-7-9-11-12-13-14-15-16-17-18-19-20-21-22-23-25-27-29-33(36)37-32(31(35)30-34)28-26-24-10-8-6-4-2/h31-32,34-35H,3-30H2,1-2H3. The first-order chi connectivity index (χ1) is 18.2. The molecule has 222 valence electrons. The summed E-state index contributed by atoms with van der Waals surface area (Å²) in [5.41, 5.74) is 0. The molecule has 0 aromatic heterocycles. The van der Waals surface area contributed by atoms with Gasteiger partial charge in [0, 0.05) is 6.42 Å². The first-order valence-corrected chi connectivity index (χ1v) is 16.6. The molecular formula is C33H66O4. The first-order valence-electron chi connectivity index (χ1n) is 16.6. The lowest BCUT2D eigenvalue weighted by molar-refractivity contribution is -0.157. The maximum atomic E-state index is 12.2. The molecule has 2 unspecified atom stereocenters. The molecule has 0 radical (unpaired) electrons. The third kappa shape index (κ3) is 26.8. The molecule has 0 fully saturated rings. The van der Waals surface area contributed by atoms with Crippen molar-refractivity contribution in [3.8, 4) is 0 Å². The van der Waals surface area contributed by atoms with Gasteiger partial charge in [-0.2, -0.15) is 0 Å². The Labute approximate surface area is 231 Å². The Balaban J connectivity index is 3.50. The van der Waals surface area contributed by atoms with Gasteiger partial charge < -0.3 is 14.9 Å². The topological polar surface area (TPSA) is 66.8 Å². The van der Waals surface area contributed by atoms with E-state index in [2.05, 4.69) is 13.8 Å². The van der Waals surface area contributed by atoms with Crippen molar-refractivity contribution in [1.29, 1.82) is 0 Å². The molecule has 0 saturated heterocycles. The van der Waals surface area contributed by atoms with Crippen molar-refractivity contribution < 1.29 is 19.7 Å². The van der Waals surface area contributed by atoms with Crippen LogP contribution in [0.3, 0.4) is 0 Å². The molecule has 0 bridgehead atoms. The van der Waals surface area contributed by atoms with E-state index in [0.717, 1.165) is 25.7 Å². The Hall–Kier alpha value is -0.610. The second-order valence-corrected chi connectivity index (χ2v) is 11.4. The second kappa shape index (κ2) is 29.9. The zero-order valence-electron chi connectivity index (χ0n) is 25.2. The zero-order valence-corrected chi connectivity index (χ0v) is 25.2. The number of carbonyl (C=O) groups excluding carboxylic acids is 1. The molecule has 2 N–H and O–H groups in total. The summed E-state index contributed by atoms with van der Waals surface area (Å²) in [4.78, 5) is 12.2. The lowest BCUT2D eigenvalue weighted by atomic mass is 10.0. The summed E-state index contributed by atoms with van der Waals surface area (Å²) in [6.07, 6.45) is 31.9. The highest BCUT2D eigenvalue weighted by Gasteiger charge is 2.22. The van der Waals surface area contributed by atoms with Crippen LogP contribution in [0.25, 0.3) is 0 Å². The average Bonchev–Trinajstić information content (AvgIpc) is 2.90. The van der Waals surface area contributed by atoms with Crippen molar-refractivity contribution in [3.05, 3.63) is 0 Å². The third-order valence-corrected chi connectivity index (χ3v) is 7.73. The van der Waals surface area contributed by atoms with Crippen LogP contribution < -0.4 is 0 Å². The van der Waals surface area contributed by atoms with E-state index in [1.165, 1.54) is 135 Å². The fraction of sp³-hybridized carbons (Fsp3) is 0.970. The van der Waals surface area contributed by atoms with Crippen LogP contribution in [0.2, 0.25) is 0 Å². The summed E-state index contributed by atoms with van der Waals surface area (Å²) >= 11 is 0. The van der Waals surface area contributed by atoms with Gasteiger partial charge in [0.15, 0.2) is 0 Å². The fourth-order valence-electron chi connectivity index (χ4n) is 5.15. The van der Waals surface area contributed by atoms with E-state index < -0.39 is 12.2 Å². The number of carbonyl (C=O) groups is 1. The Morgan fingerprint density at radius 3 is 1.22 bits per heavy atom. The van der Waals surface area contributed by atoms with E-state index in [1.807, 2.05) is 0 Å². The highest BCUT2D eigenvalue weighted by Crippen LogP contribution is 2.17. The van der Waals surface area contributed by atoms with Crippen molar-refractivity contribution >= 4 is 5.97 Å². The fourth-order valence-corrected chi connectivity index (χ4v) is 5.15. The molecule has 0 aliphatic heterocycles. The predicted octanol–water partition coefficient (Wildman–Crippen LogP) is 9.82. The summed E-state index contributed by atoms with van der Waals surface area (Å²) in [6.45, 7) is 4.13. The predicted molar refractivity (Wildman–Crippen MR) is 159 cm³/mol. The minimum atomic E-state index is -0.968. The Morgan fingerprint density at radius 2 is 0.865 bits per heavy atom. The monoisotopic (exact) mass is 526 g/mol. The molecule has 0 aliphatic rings. The Bertz CT molecular complexity index is 454. The molecule has 37 heavy (non-hydrogen) atoms. The number of rotatable bonds is 30. The molecule has 0 spiro atoms. The summed E-state index contributed by atoms with van der Waals surface area (Å²) < 4.78 is 5.52. The van der Waals surface area contributed by atoms with E-state index in [0.29, 0.717) is 12.8 Å². The van der Waals surface area contributed by atoms with Crippen molar-refractivity contribution in [1.82, 2.24) is 0 Å². The van der Waals surface area contributed by atoms with Gasteiger partial charge in [-0.05, 0) is 19.3 Å². The SMILES string of the molecule is CCCCCCCCCCCCCCCCCCCCCC(=O)OC(CCCCCCCC)C(O)CO. The normalized spacial score (nSPS) is 13.1. The third-order valence-electron chi connectivity index (χ3n) is 7.73. The van der Waals surface area contributed by atoms with E-state index in [1.54, 1.807) is 0 Å². The van der Waals surface area contributed by atoms with Crippen LogP contribution in [0.4, 0.5) is 0 Å². The number of hydrogen-bond acceptors (Lipinski definition) is 4. The van der Waals surface area contributed by atoms with E-state index in [-0.39, 0.29) is 12.6 Å². The molecule has 0 heterocycles. The van der Waals surface area contributed by atoms with E-state index in [4.69, 9.17) is 4.74 Å². The van der Waals surface area contributed by atoms with Gasteiger partial charge >= 0.3 is 5.97 Å². The van der Waals surface area contributed by atoms with Crippen molar-refractivity contribution in [2.24, 2.45) is 0 Å². The largest absolute Gasteiger partial charge is 0.460 e. The molecule has 0 aliphatic carbocycles. The summed E-state index contributed by atoms with van der Waals surface area (Å²) in [5.74, 6) is -0.226. The molecule has 0 saturated carbocycles. The number of esters is 1. The van der Waals surface area contributed by atoms with Gasteiger partial charge in [-0.1, -0.05) is 162 Å². The highest BCUT2D eigenvalue weighted by atomic mass is 16.6. The van der Waals surface area contributed by atoms with Gasteiger partial charge in [0.2, 0.25) is 0 Å². The lowest BCUT2D eigenvalue weighted by Gasteiger charge is -2.22. The van der Waals surface area contributed by atoms with Crippen LogP contribution in [-0.4, -0.2) is 35.0 Å². The molecule has 0 aromatic carbocycles. The highest BCUT2D eigenvalue weighted by molar-refractivity contribution is 5.69. The molecule has 4 heteroatoms. The van der Waals surface area contributed by atoms with Gasteiger partial charge in [-0.25, -0.2) is 0 Å². The number of aliphatic hydroxyl groups is 2. The quantitative estimate of drug-likeness (QED) is 0.0722. The molecule has 0 aromatic rings. The van der Waals surface area contributed by atoms with Crippen LogP contribution in [0.1, 0.15) is 187 Å². The van der Waals surface area contributed by atoms with Gasteiger partial charge in [-0.3, -0.25) is 4.79 Å². The van der Waals surface area contributed by atoms with Crippen molar-refractivity contribution in [3.63, 3.8) is 0 Å².